The summed E-state index contributed by atoms with van der Waals surface area (Å²) in [6.45, 7) is 2.85. The monoisotopic (exact) mass is 229 g/mol. The van der Waals surface area contributed by atoms with Gasteiger partial charge in [-0.1, -0.05) is 6.92 Å². The average Bonchev–Trinajstić information content (AvgIpc) is 2.52. The molecule has 1 heterocycles. The minimum Gasteiger partial charge on any atom is -0.492 e. The summed E-state index contributed by atoms with van der Waals surface area (Å²) in [6, 6.07) is 0. The zero-order valence-electron chi connectivity index (χ0n) is 8.79. The van der Waals surface area contributed by atoms with Crippen LogP contribution in [0.1, 0.15) is 23.0 Å². The minimum absolute atomic E-state index is 0.314. The summed E-state index contributed by atoms with van der Waals surface area (Å²) >= 11 is 1.22. The molecular weight excluding hydrogens is 214 g/mol. The number of nitrogen functional groups attached to an aromatic ring is 1. The molecule has 84 valence electrons. The lowest BCUT2D eigenvalue weighted by Gasteiger charge is -2.04. The van der Waals surface area contributed by atoms with Gasteiger partial charge in [0.1, 0.15) is 15.6 Å². The lowest BCUT2D eigenvalue weighted by Crippen LogP contribution is -2.10. The summed E-state index contributed by atoms with van der Waals surface area (Å²) in [4.78, 5) is 11.4. The van der Waals surface area contributed by atoms with Gasteiger partial charge in [0.25, 0.3) is 5.91 Å². The summed E-state index contributed by atoms with van der Waals surface area (Å²) in [5, 5.41) is 3.89. The molecule has 5 N–H and O–H groups in total. The predicted molar refractivity (Wildman–Crippen MR) is 62.6 cm³/mol. The van der Waals surface area contributed by atoms with Crippen LogP contribution in [0.5, 0.6) is 5.75 Å². The second kappa shape index (κ2) is 4.88. The van der Waals surface area contributed by atoms with Crippen molar-refractivity contribution in [3.63, 3.8) is 0 Å². The normalized spacial score (nSPS) is 10.0. The predicted octanol–water partition coefficient (Wildman–Crippen LogP) is 1.26. The first-order chi connectivity index (χ1) is 7.11. The third-order valence-corrected chi connectivity index (χ3v) is 3.02. The standard InChI is InChI=1S/C9H15N3O2S/c1-3-4-12-9-6(14-2)5(10)7(15-9)8(11)13/h12H,3-4,10H2,1-2H3,(H2,11,13). The van der Waals surface area contributed by atoms with Crippen molar-refractivity contribution in [2.24, 2.45) is 5.73 Å². The van der Waals surface area contributed by atoms with Crippen molar-refractivity contribution in [3.8, 4) is 5.75 Å². The fourth-order valence-electron chi connectivity index (χ4n) is 1.17. The van der Waals surface area contributed by atoms with Crippen molar-refractivity contribution in [2.75, 3.05) is 24.7 Å². The molecule has 1 amide bonds. The number of thiophene rings is 1. The number of nitrogens with one attached hydrogen (secondary N) is 1. The van der Waals surface area contributed by atoms with Crippen LogP contribution >= 0.6 is 11.3 Å². The Morgan fingerprint density at radius 3 is 2.73 bits per heavy atom. The van der Waals surface area contributed by atoms with Crippen LogP contribution in [0.2, 0.25) is 0 Å². The zero-order valence-corrected chi connectivity index (χ0v) is 9.61. The second-order valence-electron chi connectivity index (χ2n) is 3.00. The molecule has 1 aromatic rings. The summed E-state index contributed by atoms with van der Waals surface area (Å²) in [5.74, 6) is -0.0254. The summed E-state index contributed by atoms with van der Waals surface area (Å²) in [5.41, 5.74) is 11.2. The molecule has 0 saturated carbocycles. The maximum atomic E-state index is 11.0. The molecule has 0 aliphatic heterocycles. The zero-order chi connectivity index (χ0) is 11.4. The van der Waals surface area contributed by atoms with E-state index in [1.54, 1.807) is 0 Å². The van der Waals surface area contributed by atoms with Crippen molar-refractivity contribution in [1.29, 1.82) is 0 Å². The molecule has 0 bridgehead atoms. The van der Waals surface area contributed by atoms with E-state index in [9.17, 15) is 4.79 Å². The second-order valence-corrected chi connectivity index (χ2v) is 4.02. The summed E-state index contributed by atoms with van der Waals surface area (Å²) in [6.07, 6.45) is 0.979. The van der Waals surface area contributed by atoms with Crippen LogP contribution in [0, 0.1) is 0 Å². The van der Waals surface area contributed by atoms with Gasteiger partial charge in [-0.25, -0.2) is 0 Å². The maximum Gasteiger partial charge on any atom is 0.261 e. The Kier molecular flexibility index (Phi) is 3.79. The number of nitrogens with two attached hydrogens (primary N) is 2. The van der Waals surface area contributed by atoms with Gasteiger partial charge in [-0.3, -0.25) is 4.79 Å². The van der Waals surface area contributed by atoms with Gasteiger partial charge < -0.3 is 21.5 Å². The molecule has 0 aliphatic carbocycles. The molecule has 0 spiro atoms. The van der Waals surface area contributed by atoms with E-state index >= 15 is 0 Å². The highest BCUT2D eigenvalue weighted by atomic mass is 32.1. The van der Waals surface area contributed by atoms with Crippen LogP contribution in [0.4, 0.5) is 10.7 Å². The van der Waals surface area contributed by atoms with E-state index in [0.29, 0.717) is 16.3 Å². The number of amides is 1. The van der Waals surface area contributed by atoms with Crippen LogP contribution in [0.25, 0.3) is 0 Å². The van der Waals surface area contributed by atoms with E-state index in [0.717, 1.165) is 18.0 Å². The molecule has 0 aromatic carbocycles. The summed E-state index contributed by atoms with van der Waals surface area (Å²) < 4.78 is 5.12. The fraction of sp³-hybridized carbons (Fsp3) is 0.444. The van der Waals surface area contributed by atoms with Gasteiger partial charge in [-0.15, -0.1) is 11.3 Å². The van der Waals surface area contributed by atoms with Crippen molar-refractivity contribution >= 4 is 27.9 Å². The Balaban J connectivity index is 3.04. The number of carbonyl (C=O) groups excluding carboxylic acids is 1. The molecule has 0 fully saturated rings. The minimum atomic E-state index is -0.527. The number of hydrogen-bond donors (Lipinski definition) is 3. The quantitative estimate of drug-likeness (QED) is 0.709. The van der Waals surface area contributed by atoms with Gasteiger partial charge in [0.05, 0.1) is 7.11 Å². The van der Waals surface area contributed by atoms with Crippen molar-refractivity contribution in [2.45, 2.75) is 13.3 Å². The smallest absolute Gasteiger partial charge is 0.261 e. The van der Waals surface area contributed by atoms with Crippen LogP contribution < -0.4 is 21.5 Å². The van der Waals surface area contributed by atoms with E-state index in [1.807, 2.05) is 6.92 Å². The Hall–Kier alpha value is -1.43. The molecule has 15 heavy (non-hydrogen) atoms. The number of anilines is 2. The van der Waals surface area contributed by atoms with Crippen LogP contribution in [0.15, 0.2) is 0 Å². The van der Waals surface area contributed by atoms with Gasteiger partial charge in [0, 0.05) is 6.54 Å². The molecule has 1 rings (SSSR count). The number of methoxy groups -OCH3 is 1. The molecule has 0 aliphatic rings. The molecule has 0 saturated heterocycles. The molecule has 5 nitrogen and oxygen atoms in total. The first-order valence-corrected chi connectivity index (χ1v) is 5.43. The third kappa shape index (κ3) is 2.33. The molecule has 0 unspecified atom stereocenters. The number of carbonyl (C=O) groups is 1. The van der Waals surface area contributed by atoms with E-state index in [-0.39, 0.29) is 0 Å². The first kappa shape index (κ1) is 11.6. The maximum absolute atomic E-state index is 11.0. The largest absolute Gasteiger partial charge is 0.492 e. The Bertz CT molecular complexity index is 362. The molecule has 1 aromatic heterocycles. The van der Waals surface area contributed by atoms with E-state index < -0.39 is 5.91 Å². The van der Waals surface area contributed by atoms with Gasteiger partial charge in [0.2, 0.25) is 0 Å². The highest BCUT2D eigenvalue weighted by molar-refractivity contribution is 7.19. The lowest BCUT2D eigenvalue weighted by atomic mass is 10.3. The van der Waals surface area contributed by atoms with Gasteiger partial charge in [0.15, 0.2) is 5.75 Å². The fourth-order valence-corrected chi connectivity index (χ4v) is 2.14. The third-order valence-electron chi connectivity index (χ3n) is 1.86. The Morgan fingerprint density at radius 1 is 1.60 bits per heavy atom. The summed E-state index contributed by atoms with van der Waals surface area (Å²) in [7, 11) is 1.51. The number of ether oxygens (including phenoxy) is 1. The molecule has 6 heteroatoms. The van der Waals surface area contributed by atoms with Crippen LogP contribution in [0.3, 0.4) is 0 Å². The van der Waals surface area contributed by atoms with E-state index in [2.05, 4.69) is 5.32 Å². The van der Waals surface area contributed by atoms with Crippen molar-refractivity contribution in [1.82, 2.24) is 0 Å². The Labute approximate surface area is 92.4 Å². The van der Waals surface area contributed by atoms with E-state index in [4.69, 9.17) is 16.2 Å². The van der Waals surface area contributed by atoms with Crippen molar-refractivity contribution < 1.29 is 9.53 Å². The lowest BCUT2D eigenvalue weighted by molar-refractivity contribution is 0.100. The Morgan fingerprint density at radius 2 is 2.27 bits per heavy atom. The van der Waals surface area contributed by atoms with Crippen molar-refractivity contribution in [3.05, 3.63) is 4.88 Å². The first-order valence-electron chi connectivity index (χ1n) is 4.61. The topological polar surface area (TPSA) is 90.4 Å². The van der Waals surface area contributed by atoms with Crippen LogP contribution in [-0.4, -0.2) is 19.6 Å². The van der Waals surface area contributed by atoms with Gasteiger partial charge in [-0.2, -0.15) is 0 Å². The average molecular weight is 229 g/mol. The SMILES string of the molecule is CCCNc1sc(C(N)=O)c(N)c1OC. The van der Waals surface area contributed by atoms with Gasteiger partial charge >= 0.3 is 0 Å². The highest BCUT2D eigenvalue weighted by Crippen LogP contribution is 2.41. The van der Waals surface area contributed by atoms with Crippen LogP contribution in [-0.2, 0) is 0 Å². The highest BCUT2D eigenvalue weighted by Gasteiger charge is 2.19. The molecule has 0 atom stereocenters. The van der Waals surface area contributed by atoms with Gasteiger partial charge in [-0.05, 0) is 6.42 Å². The number of rotatable bonds is 5. The molecule has 0 radical (unpaired) electrons. The number of hydrogen-bond acceptors (Lipinski definition) is 5. The van der Waals surface area contributed by atoms with E-state index in [1.165, 1.54) is 18.4 Å². The number of primary amides is 1. The molecular formula is C9H15N3O2S.